The molecule has 2 fully saturated rings. The van der Waals surface area contributed by atoms with Crippen LogP contribution >= 0.6 is 0 Å². The van der Waals surface area contributed by atoms with Crippen LogP contribution in [0.4, 0.5) is 0 Å². The highest BCUT2D eigenvalue weighted by Gasteiger charge is 2.51. The van der Waals surface area contributed by atoms with Crippen molar-refractivity contribution in [2.45, 2.75) is 25.7 Å². The molecule has 108 valence electrons. The molecule has 1 aliphatic heterocycles. The van der Waals surface area contributed by atoms with Gasteiger partial charge in [-0.3, -0.25) is 9.59 Å². The fraction of sp³-hybridized carbons (Fsp3) is 0.600. The number of likely N-dealkylation sites (tertiary alicyclic amines) is 1. The van der Waals surface area contributed by atoms with Crippen molar-refractivity contribution >= 4 is 11.8 Å². The SMILES string of the molecule is CNC(=O)[C@H]1CCC[C@@]12CCN(C(=O)c1ccoc1)C2. The monoisotopic (exact) mass is 276 g/mol. The van der Waals surface area contributed by atoms with E-state index in [2.05, 4.69) is 5.32 Å². The number of rotatable bonds is 2. The Balaban J connectivity index is 1.75. The van der Waals surface area contributed by atoms with E-state index in [4.69, 9.17) is 4.42 Å². The van der Waals surface area contributed by atoms with Gasteiger partial charge in [-0.2, -0.15) is 0 Å². The largest absolute Gasteiger partial charge is 0.472 e. The molecule has 20 heavy (non-hydrogen) atoms. The van der Waals surface area contributed by atoms with Gasteiger partial charge in [-0.1, -0.05) is 6.42 Å². The van der Waals surface area contributed by atoms with Gasteiger partial charge in [0.1, 0.15) is 6.26 Å². The Labute approximate surface area is 118 Å². The number of nitrogens with one attached hydrogen (secondary N) is 1. The maximum absolute atomic E-state index is 12.4. The first kappa shape index (κ1) is 13.2. The van der Waals surface area contributed by atoms with Crippen molar-refractivity contribution < 1.29 is 14.0 Å². The van der Waals surface area contributed by atoms with E-state index in [1.165, 1.54) is 12.5 Å². The molecule has 1 N–H and O–H groups in total. The number of carbonyl (C=O) groups is 2. The van der Waals surface area contributed by atoms with Crippen LogP contribution in [0, 0.1) is 11.3 Å². The Hall–Kier alpha value is -1.78. The number of hydrogen-bond donors (Lipinski definition) is 1. The molecule has 5 heteroatoms. The van der Waals surface area contributed by atoms with E-state index in [1.807, 2.05) is 4.90 Å². The highest BCUT2D eigenvalue weighted by atomic mass is 16.3. The Morgan fingerprint density at radius 3 is 3.00 bits per heavy atom. The van der Waals surface area contributed by atoms with Gasteiger partial charge in [0.05, 0.1) is 11.8 Å². The molecule has 0 radical (unpaired) electrons. The van der Waals surface area contributed by atoms with E-state index in [9.17, 15) is 9.59 Å². The molecule has 3 rings (SSSR count). The lowest BCUT2D eigenvalue weighted by molar-refractivity contribution is -0.127. The molecular weight excluding hydrogens is 256 g/mol. The number of hydrogen-bond acceptors (Lipinski definition) is 3. The van der Waals surface area contributed by atoms with Crippen molar-refractivity contribution in [3.63, 3.8) is 0 Å². The second-order valence-corrected chi connectivity index (χ2v) is 5.91. The van der Waals surface area contributed by atoms with E-state index in [0.717, 1.165) is 32.2 Å². The molecule has 5 nitrogen and oxygen atoms in total. The third kappa shape index (κ3) is 2.01. The van der Waals surface area contributed by atoms with Gasteiger partial charge in [0.2, 0.25) is 5.91 Å². The third-order valence-corrected chi connectivity index (χ3v) is 4.91. The minimum atomic E-state index is -0.0144. The molecule has 2 atom stereocenters. The molecule has 2 aliphatic rings. The summed E-state index contributed by atoms with van der Waals surface area (Å²) in [5.74, 6) is 0.188. The van der Waals surface area contributed by atoms with Gasteiger partial charge in [0, 0.05) is 31.5 Å². The van der Waals surface area contributed by atoms with Crippen molar-refractivity contribution in [1.82, 2.24) is 10.2 Å². The average molecular weight is 276 g/mol. The van der Waals surface area contributed by atoms with Crippen LogP contribution in [0.3, 0.4) is 0 Å². The van der Waals surface area contributed by atoms with Crippen LogP contribution in [0.25, 0.3) is 0 Å². The Bertz CT molecular complexity index is 511. The number of amides is 2. The Morgan fingerprint density at radius 2 is 2.30 bits per heavy atom. The fourth-order valence-corrected chi connectivity index (χ4v) is 3.85. The normalized spacial score (nSPS) is 29.1. The van der Waals surface area contributed by atoms with E-state index < -0.39 is 0 Å². The Kier molecular flexibility index (Phi) is 3.28. The summed E-state index contributed by atoms with van der Waals surface area (Å²) in [5.41, 5.74) is 0.580. The number of furan rings is 1. The fourth-order valence-electron chi connectivity index (χ4n) is 3.85. The first-order chi connectivity index (χ1) is 9.66. The zero-order valence-corrected chi connectivity index (χ0v) is 11.7. The summed E-state index contributed by atoms with van der Waals surface area (Å²) in [7, 11) is 1.69. The highest BCUT2D eigenvalue weighted by Crippen LogP contribution is 2.50. The topological polar surface area (TPSA) is 62.6 Å². The predicted molar refractivity (Wildman–Crippen MR) is 73.1 cm³/mol. The average Bonchev–Trinajstić information content (AvgIpc) is 3.19. The summed E-state index contributed by atoms with van der Waals surface area (Å²) in [6.45, 7) is 1.42. The van der Waals surface area contributed by atoms with Crippen LogP contribution in [-0.4, -0.2) is 36.9 Å². The lowest BCUT2D eigenvalue weighted by Crippen LogP contribution is -2.40. The van der Waals surface area contributed by atoms with Gasteiger partial charge in [-0.15, -0.1) is 0 Å². The molecule has 0 unspecified atom stereocenters. The summed E-state index contributed by atoms with van der Waals surface area (Å²) in [6, 6.07) is 1.69. The van der Waals surface area contributed by atoms with Gasteiger partial charge in [-0.25, -0.2) is 0 Å². The van der Waals surface area contributed by atoms with E-state index in [0.29, 0.717) is 12.1 Å². The molecule has 1 saturated carbocycles. The zero-order chi connectivity index (χ0) is 14.2. The Morgan fingerprint density at radius 1 is 1.45 bits per heavy atom. The third-order valence-electron chi connectivity index (χ3n) is 4.91. The summed E-state index contributed by atoms with van der Waals surface area (Å²) in [6.07, 6.45) is 6.98. The van der Waals surface area contributed by atoms with Crippen LogP contribution in [0.5, 0.6) is 0 Å². The molecule has 1 aliphatic carbocycles. The first-order valence-electron chi connectivity index (χ1n) is 7.19. The van der Waals surface area contributed by atoms with E-state index in [1.54, 1.807) is 13.1 Å². The van der Waals surface area contributed by atoms with Gasteiger partial charge < -0.3 is 14.6 Å². The lowest BCUT2D eigenvalue weighted by Gasteiger charge is -2.30. The number of carbonyl (C=O) groups excluding carboxylic acids is 2. The molecule has 0 aromatic carbocycles. The summed E-state index contributed by atoms with van der Waals surface area (Å²) in [5, 5.41) is 2.77. The summed E-state index contributed by atoms with van der Waals surface area (Å²) in [4.78, 5) is 26.3. The predicted octanol–water partition coefficient (Wildman–Crippen LogP) is 1.66. The van der Waals surface area contributed by atoms with Gasteiger partial charge in [-0.05, 0) is 25.3 Å². The van der Waals surface area contributed by atoms with Crippen LogP contribution in [0.15, 0.2) is 23.0 Å². The molecule has 0 bridgehead atoms. The van der Waals surface area contributed by atoms with E-state index in [-0.39, 0.29) is 23.1 Å². The second kappa shape index (κ2) is 4.96. The van der Waals surface area contributed by atoms with Crippen molar-refractivity contribution in [2.24, 2.45) is 11.3 Å². The zero-order valence-electron chi connectivity index (χ0n) is 11.7. The maximum Gasteiger partial charge on any atom is 0.257 e. The standard InChI is InChI=1S/C15H20N2O3/c1-16-13(18)12-3-2-5-15(12)6-7-17(10-15)14(19)11-4-8-20-9-11/h4,8-9,12H,2-3,5-7,10H2,1H3,(H,16,18)/t12-,15+/m1/s1. The smallest absolute Gasteiger partial charge is 0.257 e. The van der Waals surface area contributed by atoms with Crippen molar-refractivity contribution in [2.75, 3.05) is 20.1 Å². The van der Waals surface area contributed by atoms with Crippen LogP contribution < -0.4 is 5.32 Å². The van der Waals surface area contributed by atoms with E-state index >= 15 is 0 Å². The highest BCUT2D eigenvalue weighted by molar-refractivity contribution is 5.94. The lowest BCUT2D eigenvalue weighted by atomic mass is 9.76. The van der Waals surface area contributed by atoms with Gasteiger partial charge >= 0.3 is 0 Å². The quantitative estimate of drug-likeness (QED) is 0.893. The molecule has 1 spiro atoms. The molecule has 1 saturated heterocycles. The van der Waals surface area contributed by atoms with Crippen molar-refractivity contribution in [3.8, 4) is 0 Å². The molecular formula is C15H20N2O3. The van der Waals surface area contributed by atoms with Gasteiger partial charge in [0.15, 0.2) is 0 Å². The maximum atomic E-state index is 12.4. The molecule has 1 aromatic rings. The first-order valence-corrected chi connectivity index (χ1v) is 7.19. The van der Waals surface area contributed by atoms with Crippen LogP contribution in [0.2, 0.25) is 0 Å². The van der Waals surface area contributed by atoms with Crippen LogP contribution in [-0.2, 0) is 4.79 Å². The minimum Gasteiger partial charge on any atom is -0.472 e. The second-order valence-electron chi connectivity index (χ2n) is 5.91. The summed E-state index contributed by atoms with van der Waals surface area (Å²) < 4.78 is 4.98. The number of nitrogens with zero attached hydrogens (tertiary/aromatic N) is 1. The van der Waals surface area contributed by atoms with Crippen LogP contribution in [0.1, 0.15) is 36.0 Å². The van der Waals surface area contributed by atoms with Crippen molar-refractivity contribution in [3.05, 3.63) is 24.2 Å². The van der Waals surface area contributed by atoms with Crippen molar-refractivity contribution in [1.29, 1.82) is 0 Å². The minimum absolute atomic E-state index is 0.0122. The molecule has 1 aromatic heterocycles. The molecule has 2 heterocycles. The molecule has 2 amide bonds. The summed E-state index contributed by atoms with van der Waals surface area (Å²) >= 11 is 0. The van der Waals surface area contributed by atoms with Gasteiger partial charge in [0.25, 0.3) is 5.91 Å².